The SMILES string of the molecule is N#Cc1c(C#N)c2ccc3ccc4ccccc4c3c2c2c1ccc1ccc3ccccc3c12. The van der Waals surface area contributed by atoms with Crippen molar-refractivity contribution in [3.8, 4) is 12.1 Å². The molecule has 34 heavy (non-hydrogen) atoms. The van der Waals surface area contributed by atoms with Crippen LogP contribution in [0.25, 0.3) is 64.6 Å². The van der Waals surface area contributed by atoms with Crippen LogP contribution >= 0.6 is 0 Å². The van der Waals surface area contributed by atoms with E-state index in [-0.39, 0.29) is 0 Å². The second-order valence-electron chi connectivity index (χ2n) is 8.72. The summed E-state index contributed by atoms with van der Waals surface area (Å²) in [6, 6.07) is 38.2. The second kappa shape index (κ2) is 6.79. The Morgan fingerprint density at radius 3 is 1.18 bits per heavy atom. The topological polar surface area (TPSA) is 47.6 Å². The third-order valence-corrected chi connectivity index (χ3v) is 7.08. The van der Waals surface area contributed by atoms with E-state index < -0.39 is 0 Å². The molecule has 154 valence electrons. The lowest BCUT2D eigenvalue weighted by Gasteiger charge is -2.16. The fourth-order valence-corrected chi connectivity index (χ4v) is 5.63. The van der Waals surface area contributed by atoms with Crippen molar-refractivity contribution in [2.75, 3.05) is 0 Å². The summed E-state index contributed by atoms with van der Waals surface area (Å²) in [5.41, 5.74) is 0.888. The summed E-state index contributed by atoms with van der Waals surface area (Å²) < 4.78 is 0. The first kappa shape index (κ1) is 18.6. The van der Waals surface area contributed by atoms with Crippen molar-refractivity contribution < 1.29 is 0 Å². The lowest BCUT2D eigenvalue weighted by Crippen LogP contribution is -1.94. The van der Waals surface area contributed by atoms with Crippen molar-refractivity contribution in [3.05, 3.63) is 108 Å². The van der Waals surface area contributed by atoms with E-state index in [1.807, 2.05) is 12.1 Å². The van der Waals surface area contributed by atoms with Crippen LogP contribution in [0, 0.1) is 22.7 Å². The van der Waals surface area contributed by atoms with Gasteiger partial charge in [-0.1, -0.05) is 97.1 Å². The summed E-state index contributed by atoms with van der Waals surface area (Å²) in [7, 11) is 0. The molecule has 0 heterocycles. The molecule has 0 aromatic heterocycles. The van der Waals surface area contributed by atoms with Crippen LogP contribution < -0.4 is 0 Å². The second-order valence-corrected chi connectivity index (χ2v) is 8.72. The Morgan fingerprint density at radius 2 is 0.735 bits per heavy atom. The van der Waals surface area contributed by atoms with Crippen molar-refractivity contribution in [3.63, 3.8) is 0 Å². The standard InChI is InChI=1S/C32H16N2/c33-17-27-25-15-13-21-11-9-19-5-1-3-7-23(19)29(21)31(25)32-26(28(27)18-34)16-14-22-12-10-20-6-2-4-8-24(20)30(22)32/h1-16H. The highest BCUT2D eigenvalue weighted by molar-refractivity contribution is 6.36. The molecule has 0 amide bonds. The Balaban J connectivity index is 1.95. The summed E-state index contributed by atoms with van der Waals surface area (Å²) in [6.45, 7) is 0. The molecule has 0 bridgehead atoms. The number of fused-ring (bicyclic) bond motifs is 11. The maximum Gasteiger partial charge on any atom is 0.101 e. The van der Waals surface area contributed by atoms with Gasteiger partial charge in [0.25, 0.3) is 0 Å². The monoisotopic (exact) mass is 428 g/mol. The van der Waals surface area contributed by atoms with E-state index in [2.05, 4.69) is 97.1 Å². The van der Waals surface area contributed by atoms with Gasteiger partial charge in [0.05, 0.1) is 11.1 Å². The maximum absolute atomic E-state index is 10.2. The van der Waals surface area contributed by atoms with E-state index in [0.29, 0.717) is 11.1 Å². The van der Waals surface area contributed by atoms with E-state index in [9.17, 15) is 10.5 Å². The summed E-state index contributed by atoms with van der Waals surface area (Å²) >= 11 is 0. The van der Waals surface area contributed by atoms with Crippen LogP contribution in [-0.4, -0.2) is 0 Å². The molecule has 0 N–H and O–H groups in total. The zero-order valence-electron chi connectivity index (χ0n) is 18.1. The van der Waals surface area contributed by atoms with E-state index in [1.54, 1.807) is 0 Å². The zero-order chi connectivity index (χ0) is 22.8. The number of nitrogens with zero attached hydrogens (tertiary/aromatic N) is 2. The molecule has 0 spiro atoms. The van der Waals surface area contributed by atoms with Crippen LogP contribution in [0.4, 0.5) is 0 Å². The smallest absolute Gasteiger partial charge is 0.101 e. The zero-order valence-corrected chi connectivity index (χ0v) is 18.1. The summed E-state index contributed by atoms with van der Waals surface area (Å²) in [6.07, 6.45) is 0. The minimum Gasteiger partial charge on any atom is -0.192 e. The molecule has 0 fully saturated rings. The van der Waals surface area contributed by atoms with Crippen LogP contribution in [0.3, 0.4) is 0 Å². The number of nitriles is 2. The predicted molar refractivity (Wildman–Crippen MR) is 141 cm³/mol. The summed E-state index contributed by atoms with van der Waals surface area (Å²) in [4.78, 5) is 0. The van der Waals surface area contributed by atoms with E-state index in [1.165, 1.54) is 0 Å². The van der Waals surface area contributed by atoms with Crippen LogP contribution in [0.1, 0.15) is 11.1 Å². The predicted octanol–water partition coefficient (Wildman–Crippen LogP) is 8.35. The molecule has 0 radical (unpaired) electrons. The lowest BCUT2D eigenvalue weighted by atomic mass is 9.85. The molecule has 0 saturated carbocycles. The van der Waals surface area contributed by atoms with Gasteiger partial charge in [-0.2, -0.15) is 10.5 Å². The van der Waals surface area contributed by atoms with Crippen LogP contribution in [-0.2, 0) is 0 Å². The van der Waals surface area contributed by atoms with Gasteiger partial charge >= 0.3 is 0 Å². The van der Waals surface area contributed by atoms with Crippen molar-refractivity contribution in [1.82, 2.24) is 0 Å². The van der Waals surface area contributed by atoms with Gasteiger partial charge in [-0.3, -0.25) is 0 Å². The molecule has 0 atom stereocenters. The van der Waals surface area contributed by atoms with Gasteiger partial charge in [0.15, 0.2) is 0 Å². The van der Waals surface area contributed by atoms with E-state index >= 15 is 0 Å². The molecule has 7 rings (SSSR count). The summed E-state index contributed by atoms with van der Waals surface area (Å²) in [5.74, 6) is 0. The minimum atomic E-state index is 0.444. The quantitative estimate of drug-likeness (QED) is 0.228. The maximum atomic E-state index is 10.2. The molecule has 7 aromatic rings. The van der Waals surface area contributed by atoms with E-state index in [4.69, 9.17) is 0 Å². The van der Waals surface area contributed by atoms with Crippen LogP contribution in [0.5, 0.6) is 0 Å². The van der Waals surface area contributed by atoms with Gasteiger partial charge < -0.3 is 0 Å². The van der Waals surface area contributed by atoms with Gasteiger partial charge in [0.1, 0.15) is 12.1 Å². The highest BCUT2D eigenvalue weighted by atomic mass is 14.3. The molecule has 0 aliphatic rings. The van der Waals surface area contributed by atoms with Gasteiger partial charge in [-0.05, 0) is 43.1 Å². The fraction of sp³-hybridized carbons (Fsp3) is 0. The third-order valence-electron chi connectivity index (χ3n) is 7.08. The number of rotatable bonds is 0. The van der Waals surface area contributed by atoms with Gasteiger partial charge in [0.2, 0.25) is 0 Å². The Bertz CT molecular complexity index is 1930. The van der Waals surface area contributed by atoms with Crippen molar-refractivity contribution in [1.29, 1.82) is 10.5 Å². The molecule has 7 aromatic carbocycles. The highest BCUT2D eigenvalue weighted by Crippen LogP contribution is 2.44. The highest BCUT2D eigenvalue weighted by Gasteiger charge is 2.20. The Morgan fingerprint density at radius 1 is 0.353 bits per heavy atom. The van der Waals surface area contributed by atoms with Crippen molar-refractivity contribution in [2.45, 2.75) is 0 Å². The Kier molecular flexibility index (Phi) is 3.72. The van der Waals surface area contributed by atoms with Crippen molar-refractivity contribution >= 4 is 64.6 Å². The van der Waals surface area contributed by atoms with Crippen LogP contribution in [0.15, 0.2) is 97.1 Å². The average molecular weight is 428 g/mol. The number of hydrogen-bond acceptors (Lipinski definition) is 2. The largest absolute Gasteiger partial charge is 0.192 e. The number of benzene rings is 7. The Labute approximate surface area is 195 Å². The first-order valence-electron chi connectivity index (χ1n) is 11.2. The first-order chi connectivity index (χ1) is 16.8. The molecule has 2 nitrogen and oxygen atoms in total. The normalized spacial score (nSPS) is 11.5. The van der Waals surface area contributed by atoms with Gasteiger partial charge in [-0.25, -0.2) is 0 Å². The Hall–Kier alpha value is -4.92. The van der Waals surface area contributed by atoms with E-state index in [0.717, 1.165) is 64.6 Å². The molecule has 2 heteroatoms. The molecule has 0 aliphatic heterocycles. The third kappa shape index (κ3) is 2.32. The summed E-state index contributed by atoms with van der Waals surface area (Å²) in [5, 5.41) is 33.2. The van der Waals surface area contributed by atoms with Crippen LogP contribution in [0.2, 0.25) is 0 Å². The molecular weight excluding hydrogens is 412 g/mol. The minimum absolute atomic E-state index is 0.444. The molecule has 0 aliphatic carbocycles. The molecule has 0 saturated heterocycles. The fourth-order valence-electron chi connectivity index (χ4n) is 5.63. The lowest BCUT2D eigenvalue weighted by molar-refractivity contribution is 1.47. The molecular formula is C32H16N2. The van der Waals surface area contributed by atoms with Gasteiger partial charge in [-0.15, -0.1) is 0 Å². The first-order valence-corrected chi connectivity index (χ1v) is 11.2. The van der Waals surface area contributed by atoms with Gasteiger partial charge in [0, 0.05) is 21.5 Å². The van der Waals surface area contributed by atoms with Crippen molar-refractivity contribution in [2.24, 2.45) is 0 Å². The molecule has 0 unspecified atom stereocenters. The number of hydrogen-bond donors (Lipinski definition) is 0. The average Bonchev–Trinajstić information content (AvgIpc) is 2.90.